The average molecular weight is 317 g/mol. The van der Waals surface area contributed by atoms with E-state index in [-0.39, 0.29) is 5.91 Å². The van der Waals surface area contributed by atoms with Crippen molar-refractivity contribution in [1.29, 1.82) is 0 Å². The van der Waals surface area contributed by atoms with Gasteiger partial charge in [0.15, 0.2) is 0 Å². The highest BCUT2D eigenvalue weighted by Crippen LogP contribution is 2.30. The van der Waals surface area contributed by atoms with Crippen molar-refractivity contribution in [2.75, 3.05) is 27.3 Å². The van der Waals surface area contributed by atoms with Crippen LogP contribution < -0.4 is 9.47 Å². The summed E-state index contributed by atoms with van der Waals surface area (Å²) in [4.78, 5) is 14.5. The van der Waals surface area contributed by atoms with Gasteiger partial charge in [-0.25, -0.2) is 0 Å². The van der Waals surface area contributed by atoms with Crippen LogP contribution >= 0.6 is 0 Å². The summed E-state index contributed by atoms with van der Waals surface area (Å²) in [6.45, 7) is 8.04. The Labute approximate surface area is 139 Å². The molecule has 126 valence electrons. The van der Waals surface area contributed by atoms with E-state index >= 15 is 0 Å². The molecule has 1 aromatic rings. The zero-order valence-electron chi connectivity index (χ0n) is 14.8. The van der Waals surface area contributed by atoms with Gasteiger partial charge in [-0.2, -0.15) is 0 Å². The third kappa shape index (κ3) is 4.27. The monoisotopic (exact) mass is 317 g/mol. The Morgan fingerprint density at radius 2 is 1.83 bits per heavy atom. The SMILES string of the molecule is COc1ccc(/C(C)=C/C(=O)N2CC(C)CC(C)C2)c(OC)c1. The number of likely N-dealkylation sites (tertiary alicyclic amines) is 1. The highest BCUT2D eigenvalue weighted by atomic mass is 16.5. The van der Waals surface area contributed by atoms with Gasteiger partial charge >= 0.3 is 0 Å². The lowest BCUT2D eigenvalue weighted by Crippen LogP contribution is -2.41. The van der Waals surface area contributed by atoms with Crippen molar-refractivity contribution in [1.82, 2.24) is 4.90 Å². The Kier molecular flexibility index (Phi) is 5.69. The van der Waals surface area contributed by atoms with Crippen molar-refractivity contribution in [3.05, 3.63) is 29.8 Å². The summed E-state index contributed by atoms with van der Waals surface area (Å²) in [5.41, 5.74) is 1.82. The van der Waals surface area contributed by atoms with E-state index in [1.165, 1.54) is 6.42 Å². The van der Waals surface area contributed by atoms with Gasteiger partial charge in [0.05, 0.1) is 14.2 Å². The molecule has 0 radical (unpaired) electrons. The molecular weight excluding hydrogens is 290 g/mol. The van der Waals surface area contributed by atoms with Gasteiger partial charge < -0.3 is 14.4 Å². The number of ether oxygens (including phenoxy) is 2. The summed E-state index contributed by atoms with van der Waals surface area (Å²) < 4.78 is 10.6. The third-order valence-corrected chi connectivity index (χ3v) is 4.35. The molecule has 1 aliphatic rings. The molecule has 1 fully saturated rings. The number of amides is 1. The van der Waals surface area contributed by atoms with Crippen LogP contribution in [0, 0.1) is 11.8 Å². The normalized spacial score (nSPS) is 22.0. The smallest absolute Gasteiger partial charge is 0.246 e. The van der Waals surface area contributed by atoms with E-state index in [1.54, 1.807) is 20.3 Å². The van der Waals surface area contributed by atoms with Crippen molar-refractivity contribution >= 4 is 11.5 Å². The molecule has 0 saturated carbocycles. The summed E-state index contributed by atoms with van der Waals surface area (Å²) in [6.07, 6.45) is 2.91. The summed E-state index contributed by atoms with van der Waals surface area (Å²) >= 11 is 0. The maximum Gasteiger partial charge on any atom is 0.246 e. The Bertz CT molecular complexity index is 584. The number of hydrogen-bond donors (Lipinski definition) is 0. The Balaban J connectivity index is 2.20. The van der Waals surface area contributed by atoms with Crippen LogP contribution in [0.5, 0.6) is 11.5 Å². The van der Waals surface area contributed by atoms with E-state index in [9.17, 15) is 4.79 Å². The first-order chi connectivity index (χ1) is 10.9. The molecule has 0 N–H and O–H groups in total. The molecule has 1 aromatic carbocycles. The standard InChI is InChI=1S/C19H27NO3/c1-13-8-14(2)12-20(11-13)19(21)9-15(3)17-7-6-16(22-4)10-18(17)23-5/h6-7,9-10,13-14H,8,11-12H2,1-5H3/b15-9+. The van der Waals surface area contributed by atoms with E-state index in [1.807, 2.05) is 30.0 Å². The van der Waals surface area contributed by atoms with Crippen molar-refractivity contribution < 1.29 is 14.3 Å². The minimum atomic E-state index is 0.0822. The molecular formula is C19H27NO3. The van der Waals surface area contributed by atoms with Gasteiger partial charge in [0, 0.05) is 30.8 Å². The van der Waals surface area contributed by atoms with Crippen molar-refractivity contribution in [2.45, 2.75) is 27.2 Å². The van der Waals surface area contributed by atoms with E-state index in [4.69, 9.17) is 9.47 Å². The number of allylic oxidation sites excluding steroid dienone is 1. The van der Waals surface area contributed by atoms with Gasteiger partial charge in [-0.1, -0.05) is 13.8 Å². The first-order valence-electron chi connectivity index (χ1n) is 8.14. The number of carbonyl (C=O) groups is 1. The highest BCUT2D eigenvalue weighted by Gasteiger charge is 2.24. The number of carbonyl (C=O) groups excluding carboxylic acids is 1. The number of methoxy groups -OCH3 is 2. The van der Waals surface area contributed by atoms with Crippen molar-refractivity contribution in [3.8, 4) is 11.5 Å². The topological polar surface area (TPSA) is 38.8 Å². The molecule has 1 amide bonds. The fourth-order valence-corrected chi connectivity index (χ4v) is 3.32. The second-order valence-electron chi connectivity index (χ2n) is 6.58. The Morgan fingerprint density at radius 1 is 1.17 bits per heavy atom. The molecule has 4 nitrogen and oxygen atoms in total. The molecule has 0 aromatic heterocycles. The van der Waals surface area contributed by atoms with Crippen LogP contribution in [0.4, 0.5) is 0 Å². The fraction of sp³-hybridized carbons (Fsp3) is 0.526. The maximum atomic E-state index is 12.6. The largest absolute Gasteiger partial charge is 0.497 e. The van der Waals surface area contributed by atoms with Crippen LogP contribution in [0.25, 0.3) is 5.57 Å². The minimum absolute atomic E-state index is 0.0822. The maximum absolute atomic E-state index is 12.6. The van der Waals surface area contributed by atoms with E-state index < -0.39 is 0 Å². The number of nitrogens with zero attached hydrogens (tertiary/aromatic N) is 1. The second kappa shape index (κ2) is 7.53. The number of hydrogen-bond acceptors (Lipinski definition) is 3. The van der Waals surface area contributed by atoms with E-state index in [2.05, 4.69) is 13.8 Å². The first-order valence-corrected chi connectivity index (χ1v) is 8.14. The lowest BCUT2D eigenvalue weighted by molar-refractivity contribution is -0.128. The van der Waals surface area contributed by atoms with Gasteiger partial charge in [-0.05, 0) is 42.9 Å². The predicted molar refractivity (Wildman–Crippen MR) is 92.7 cm³/mol. The van der Waals surface area contributed by atoms with Gasteiger partial charge in [0.25, 0.3) is 0 Å². The molecule has 1 heterocycles. The minimum Gasteiger partial charge on any atom is -0.497 e. The van der Waals surface area contributed by atoms with Crippen LogP contribution in [0.2, 0.25) is 0 Å². The Morgan fingerprint density at radius 3 is 2.39 bits per heavy atom. The number of rotatable bonds is 4. The predicted octanol–water partition coefficient (Wildman–Crippen LogP) is 3.61. The zero-order valence-corrected chi connectivity index (χ0v) is 14.8. The highest BCUT2D eigenvalue weighted by molar-refractivity contribution is 5.95. The average Bonchev–Trinajstić information content (AvgIpc) is 2.53. The fourth-order valence-electron chi connectivity index (χ4n) is 3.32. The molecule has 0 aliphatic carbocycles. The molecule has 23 heavy (non-hydrogen) atoms. The summed E-state index contributed by atoms with van der Waals surface area (Å²) in [7, 11) is 3.25. The van der Waals surface area contributed by atoms with Gasteiger partial charge in [-0.3, -0.25) is 4.79 Å². The summed E-state index contributed by atoms with van der Waals surface area (Å²) in [5, 5.41) is 0. The molecule has 2 rings (SSSR count). The lowest BCUT2D eigenvalue weighted by Gasteiger charge is -2.34. The molecule has 1 saturated heterocycles. The molecule has 4 heteroatoms. The van der Waals surface area contributed by atoms with Gasteiger partial charge in [0.2, 0.25) is 5.91 Å². The Hall–Kier alpha value is -1.97. The van der Waals surface area contributed by atoms with E-state index in [0.29, 0.717) is 17.6 Å². The third-order valence-electron chi connectivity index (χ3n) is 4.35. The van der Waals surface area contributed by atoms with Crippen LogP contribution in [0.1, 0.15) is 32.8 Å². The molecule has 0 bridgehead atoms. The molecule has 0 spiro atoms. The van der Waals surface area contributed by atoms with Gasteiger partial charge in [0.1, 0.15) is 11.5 Å². The summed E-state index contributed by atoms with van der Waals surface area (Å²) in [6, 6.07) is 5.64. The first kappa shape index (κ1) is 17.4. The molecule has 1 aliphatic heterocycles. The van der Waals surface area contributed by atoms with Crippen LogP contribution in [-0.4, -0.2) is 38.1 Å². The molecule has 2 atom stereocenters. The summed E-state index contributed by atoms with van der Waals surface area (Å²) in [5.74, 6) is 2.66. The van der Waals surface area contributed by atoms with Crippen molar-refractivity contribution in [3.63, 3.8) is 0 Å². The van der Waals surface area contributed by atoms with Gasteiger partial charge in [-0.15, -0.1) is 0 Å². The van der Waals surface area contributed by atoms with Crippen LogP contribution in [-0.2, 0) is 4.79 Å². The van der Waals surface area contributed by atoms with E-state index in [0.717, 1.165) is 30.0 Å². The molecule has 2 unspecified atom stereocenters. The number of piperidine rings is 1. The lowest BCUT2D eigenvalue weighted by atomic mass is 9.92. The van der Waals surface area contributed by atoms with Crippen LogP contribution in [0.3, 0.4) is 0 Å². The number of benzene rings is 1. The quantitative estimate of drug-likeness (QED) is 0.796. The second-order valence-corrected chi connectivity index (χ2v) is 6.58. The zero-order chi connectivity index (χ0) is 17.0. The van der Waals surface area contributed by atoms with Crippen LogP contribution in [0.15, 0.2) is 24.3 Å². The van der Waals surface area contributed by atoms with Crippen molar-refractivity contribution in [2.24, 2.45) is 11.8 Å².